The Morgan fingerprint density at radius 1 is 0.788 bits per heavy atom. The summed E-state index contributed by atoms with van der Waals surface area (Å²) in [5.74, 6) is -0.897. The summed E-state index contributed by atoms with van der Waals surface area (Å²) in [7, 11) is 0. The zero-order chi connectivity index (χ0) is 24.5. The molecule has 4 nitrogen and oxygen atoms in total. The monoisotopic (exact) mass is 466 g/mol. The zero-order valence-electron chi connectivity index (χ0n) is 22.3. The SMILES string of the molecule is CCCCC(CC)C(CCCCCCCCCCC(C)C)OC(=O)C1CCCCC1C(=O)O. The molecule has 194 valence electrons. The van der Waals surface area contributed by atoms with Crippen LogP contribution >= 0.6 is 0 Å². The lowest BCUT2D eigenvalue weighted by Gasteiger charge is -2.31. The van der Waals surface area contributed by atoms with Gasteiger partial charge in [-0.1, -0.05) is 105 Å². The van der Waals surface area contributed by atoms with Gasteiger partial charge in [0.1, 0.15) is 6.10 Å². The standard InChI is InChI=1S/C29H54O4/c1-5-7-19-24(6-2)27(22-15-13-11-9-8-10-12-14-18-23(3)4)33-29(32)26-21-17-16-20-25(26)28(30)31/h23-27H,5-22H2,1-4H3,(H,30,31). The number of ether oxygens (including phenoxy) is 1. The van der Waals surface area contributed by atoms with Gasteiger partial charge in [0.05, 0.1) is 11.8 Å². The third kappa shape index (κ3) is 12.8. The zero-order valence-corrected chi connectivity index (χ0v) is 22.3. The van der Waals surface area contributed by atoms with Gasteiger partial charge in [0.2, 0.25) is 0 Å². The van der Waals surface area contributed by atoms with Crippen molar-refractivity contribution in [2.24, 2.45) is 23.7 Å². The van der Waals surface area contributed by atoms with Crippen LogP contribution in [0.15, 0.2) is 0 Å². The Morgan fingerprint density at radius 2 is 1.33 bits per heavy atom. The van der Waals surface area contributed by atoms with Crippen LogP contribution in [0.3, 0.4) is 0 Å². The maximum Gasteiger partial charge on any atom is 0.310 e. The number of hydrogen-bond acceptors (Lipinski definition) is 3. The summed E-state index contributed by atoms with van der Waals surface area (Å²) in [5, 5.41) is 9.57. The van der Waals surface area contributed by atoms with Crippen molar-refractivity contribution >= 4 is 11.9 Å². The highest BCUT2D eigenvalue weighted by Gasteiger charge is 2.38. The van der Waals surface area contributed by atoms with Crippen LogP contribution in [0.1, 0.15) is 143 Å². The third-order valence-electron chi connectivity index (χ3n) is 7.65. The van der Waals surface area contributed by atoms with Crippen LogP contribution in [0.4, 0.5) is 0 Å². The van der Waals surface area contributed by atoms with E-state index in [9.17, 15) is 14.7 Å². The first kappa shape index (κ1) is 30.0. The van der Waals surface area contributed by atoms with Gasteiger partial charge in [0, 0.05) is 0 Å². The van der Waals surface area contributed by atoms with E-state index in [0.29, 0.717) is 18.8 Å². The normalized spacial score (nSPS) is 20.5. The number of carbonyl (C=O) groups is 2. The summed E-state index contributed by atoms with van der Waals surface area (Å²) < 4.78 is 6.11. The summed E-state index contributed by atoms with van der Waals surface area (Å²) in [6.07, 6.45) is 20.0. The largest absolute Gasteiger partial charge is 0.481 e. The van der Waals surface area contributed by atoms with Crippen molar-refractivity contribution in [2.75, 3.05) is 0 Å². The van der Waals surface area contributed by atoms with E-state index in [1.165, 1.54) is 51.4 Å². The number of rotatable bonds is 19. The van der Waals surface area contributed by atoms with Crippen LogP contribution < -0.4 is 0 Å². The van der Waals surface area contributed by atoms with Crippen molar-refractivity contribution in [3.8, 4) is 0 Å². The fourth-order valence-corrected chi connectivity index (χ4v) is 5.41. The molecule has 4 heteroatoms. The number of unbranched alkanes of at least 4 members (excludes halogenated alkanes) is 8. The minimum absolute atomic E-state index is 0.0542. The molecule has 4 atom stereocenters. The summed E-state index contributed by atoms with van der Waals surface area (Å²) in [4.78, 5) is 24.7. The van der Waals surface area contributed by atoms with E-state index in [4.69, 9.17) is 4.74 Å². The molecule has 0 saturated heterocycles. The molecule has 1 rings (SSSR count). The molecule has 0 aliphatic heterocycles. The first-order valence-electron chi connectivity index (χ1n) is 14.3. The first-order chi connectivity index (χ1) is 15.9. The molecule has 0 heterocycles. The van der Waals surface area contributed by atoms with E-state index in [-0.39, 0.29) is 12.1 Å². The lowest BCUT2D eigenvalue weighted by molar-refractivity contribution is -0.166. The Hall–Kier alpha value is -1.06. The summed E-state index contributed by atoms with van der Waals surface area (Å²) in [6.45, 7) is 9.00. The highest BCUT2D eigenvalue weighted by atomic mass is 16.5. The Morgan fingerprint density at radius 3 is 1.85 bits per heavy atom. The molecule has 0 aromatic heterocycles. The van der Waals surface area contributed by atoms with Gasteiger partial charge in [0.15, 0.2) is 0 Å². The van der Waals surface area contributed by atoms with Crippen molar-refractivity contribution in [1.82, 2.24) is 0 Å². The predicted octanol–water partition coefficient (Wildman–Crippen LogP) is 8.56. The fraction of sp³-hybridized carbons (Fsp3) is 0.931. The van der Waals surface area contributed by atoms with Crippen molar-refractivity contribution in [3.05, 3.63) is 0 Å². The van der Waals surface area contributed by atoms with Crippen LogP contribution in [0, 0.1) is 23.7 Å². The molecule has 0 aromatic carbocycles. The first-order valence-corrected chi connectivity index (χ1v) is 14.3. The average Bonchev–Trinajstić information content (AvgIpc) is 2.80. The molecule has 0 spiro atoms. The van der Waals surface area contributed by atoms with Gasteiger partial charge in [0.25, 0.3) is 0 Å². The van der Waals surface area contributed by atoms with Gasteiger partial charge >= 0.3 is 11.9 Å². The maximum atomic E-state index is 13.0. The average molecular weight is 467 g/mol. The van der Waals surface area contributed by atoms with Gasteiger partial charge in [-0.3, -0.25) is 9.59 Å². The molecule has 1 aliphatic rings. The maximum absolute atomic E-state index is 13.0. The molecular weight excluding hydrogens is 412 g/mol. The Bertz CT molecular complexity index is 516. The number of carboxylic acids is 1. The van der Waals surface area contributed by atoms with Crippen molar-refractivity contribution in [1.29, 1.82) is 0 Å². The number of hydrogen-bond donors (Lipinski definition) is 1. The summed E-state index contributed by atoms with van der Waals surface area (Å²) in [6, 6.07) is 0. The Kier molecular flexibility index (Phi) is 16.6. The molecule has 1 aliphatic carbocycles. The molecule has 0 bridgehead atoms. The summed E-state index contributed by atoms with van der Waals surface area (Å²) in [5.41, 5.74) is 0. The van der Waals surface area contributed by atoms with Gasteiger partial charge < -0.3 is 9.84 Å². The molecule has 0 amide bonds. The lowest BCUT2D eigenvalue weighted by atomic mass is 9.79. The molecule has 33 heavy (non-hydrogen) atoms. The van der Waals surface area contributed by atoms with E-state index in [0.717, 1.165) is 57.3 Å². The van der Waals surface area contributed by atoms with Crippen LogP contribution in [0.5, 0.6) is 0 Å². The smallest absolute Gasteiger partial charge is 0.310 e. The molecule has 1 N–H and O–H groups in total. The Balaban J connectivity index is 2.47. The van der Waals surface area contributed by atoms with Gasteiger partial charge in [-0.05, 0) is 50.4 Å². The molecule has 0 radical (unpaired) electrons. The molecule has 1 fully saturated rings. The van der Waals surface area contributed by atoms with Crippen molar-refractivity contribution < 1.29 is 19.4 Å². The van der Waals surface area contributed by atoms with Crippen LogP contribution in [0.25, 0.3) is 0 Å². The number of carboxylic acid groups (broad SMARTS) is 1. The van der Waals surface area contributed by atoms with Crippen molar-refractivity contribution in [2.45, 2.75) is 149 Å². The van der Waals surface area contributed by atoms with E-state index in [1.807, 2.05) is 0 Å². The minimum atomic E-state index is -0.838. The quantitative estimate of drug-likeness (QED) is 0.153. The summed E-state index contributed by atoms with van der Waals surface area (Å²) >= 11 is 0. The van der Waals surface area contributed by atoms with Crippen molar-refractivity contribution in [3.63, 3.8) is 0 Å². The lowest BCUT2D eigenvalue weighted by Crippen LogP contribution is -2.37. The van der Waals surface area contributed by atoms with Crippen LogP contribution in [-0.4, -0.2) is 23.1 Å². The molecule has 1 saturated carbocycles. The highest BCUT2D eigenvalue weighted by Crippen LogP contribution is 2.33. The van der Waals surface area contributed by atoms with Gasteiger partial charge in [-0.2, -0.15) is 0 Å². The van der Waals surface area contributed by atoms with Crippen LogP contribution in [0.2, 0.25) is 0 Å². The van der Waals surface area contributed by atoms with E-state index < -0.39 is 17.8 Å². The van der Waals surface area contributed by atoms with Crippen LogP contribution in [-0.2, 0) is 14.3 Å². The third-order valence-corrected chi connectivity index (χ3v) is 7.65. The van der Waals surface area contributed by atoms with Gasteiger partial charge in [-0.15, -0.1) is 0 Å². The van der Waals surface area contributed by atoms with E-state index >= 15 is 0 Å². The molecule has 4 unspecified atom stereocenters. The minimum Gasteiger partial charge on any atom is -0.481 e. The molecular formula is C29H54O4. The number of aliphatic carboxylic acids is 1. The van der Waals surface area contributed by atoms with Gasteiger partial charge in [-0.25, -0.2) is 0 Å². The van der Waals surface area contributed by atoms with E-state index in [2.05, 4.69) is 27.7 Å². The second-order valence-corrected chi connectivity index (χ2v) is 10.9. The highest BCUT2D eigenvalue weighted by molar-refractivity contribution is 5.81. The number of carbonyl (C=O) groups excluding carboxylic acids is 1. The second kappa shape index (κ2) is 18.3. The second-order valence-electron chi connectivity index (χ2n) is 10.9. The number of esters is 1. The fourth-order valence-electron chi connectivity index (χ4n) is 5.41. The molecule has 0 aromatic rings. The topological polar surface area (TPSA) is 63.6 Å². The Labute approximate surface area is 204 Å². The van der Waals surface area contributed by atoms with E-state index in [1.54, 1.807) is 0 Å². The predicted molar refractivity (Wildman–Crippen MR) is 137 cm³/mol.